The lowest BCUT2D eigenvalue weighted by Crippen LogP contribution is -2.39. The number of guanidine groups is 1. The fourth-order valence-corrected chi connectivity index (χ4v) is 2.71. The maximum atomic E-state index is 5.73. The van der Waals surface area contributed by atoms with Crippen LogP contribution in [0.1, 0.15) is 12.7 Å². The van der Waals surface area contributed by atoms with Crippen LogP contribution < -0.4 is 20.1 Å². The summed E-state index contributed by atoms with van der Waals surface area (Å²) < 4.78 is 10.9. The minimum atomic E-state index is 0. The number of aromatic nitrogens is 2. The molecule has 0 atom stereocenters. The third-order valence-electron chi connectivity index (χ3n) is 4.17. The van der Waals surface area contributed by atoms with Crippen LogP contribution in [0, 0.1) is 0 Å². The molecule has 30 heavy (non-hydrogen) atoms. The summed E-state index contributed by atoms with van der Waals surface area (Å²) in [5.41, 5.74) is 2.09. The molecule has 7 nitrogen and oxygen atoms in total. The molecule has 0 saturated heterocycles. The van der Waals surface area contributed by atoms with Crippen molar-refractivity contribution in [2.75, 3.05) is 26.8 Å². The number of rotatable bonds is 9. The van der Waals surface area contributed by atoms with Crippen LogP contribution in [-0.4, -0.2) is 42.7 Å². The third kappa shape index (κ3) is 7.25. The van der Waals surface area contributed by atoms with E-state index in [4.69, 9.17) is 9.47 Å². The smallest absolute Gasteiger partial charge is 0.191 e. The van der Waals surface area contributed by atoms with E-state index in [0.717, 1.165) is 41.1 Å². The summed E-state index contributed by atoms with van der Waals surface area (Å²) in [6.45, 7) is 4.42. The van der Waals surface area contributed by atoms with Gasteiger partial charge in [-0.3, -0.25) is 0 Å². The molecule has 3 N–H and O–H groups in total. The lowest BCUT2D eigenvalue weighted by atomic mass is 10.2. The highest BCUT2D eigenvalue weighted by atomic mass is 127. The van der Waals surface area contributed by atoms with Crippen molar-refractivity contribution in [1.82, 2.24) is 20.6 Å². The van der Waals surface area contributed by atoms with Crippen LogP contribution in [0.15, 0.2) is 65.8 Å². The van der Waals surface area contributed by atoms with Gasteiger partial charge >= 0.3 is 0 Å². The Labute approximate surface area is 194 Å². The van der Waals surface area contributed by atoms with Gasteiger partial charge in [0.1, 0.15) is 30.5 Å². The molecular formula is C22H28IN5O2. The van der Waals surface area contributed by atoms with Crippen LogP contribution in [0.2, 0.25) is 0 Å². The van der Waals surface area contributed by atoms with Gasteiger partial charge in [0.15, 0.2) is 5.96 Å². The van der Waals surface area contributed by atoms with Gasteiger partial charge in [-0.05, 0) is 36.8 Å². The summed E-state index contributed by atoms with van der Waals surface area (Å²) in [4.78, 5) is 12.3. The van der Waals surface area contributed by atoms with E-state index in [0.29, 0.717) is 19.7 Å². The molecule has 0 fully saturated rings. The Morgan fingerprint density at radius 1 is 1.03 bits per heavy atom. The van der Waals surface area contributed by atoms with Gasteiger partial charge in [-0.2, -0.15) is 0 Å². The normalized spacial score (nSPS) is 10.8. The number of hydrogen-bond acceptors (Lipinski definition) is 4. The van der Waals surface area contributed by atoms with Crippen molar-refractivity contribution in [3.05, 3.63) is 66.6 Å². The van der Waals surface area contributed by atoms with E-state index < -0.39 is 0 Å². The number of halogens is 1. The van der Waals surface area contributed by atoms with Crippen molar-refractivity contribution in [3.63, 3.8) is 0 Å². The number of nitrogens with zero attached hydrogens (tertiary/aromatic N) is 2. The Bertz CT molecular complexity index is 897. The number of hydrogen-bond donors (Lipinski definition) is 3. The van der Waals surface area contributed by atoms with Gasteiger partial charge in [0.05, 0.1) is 25.5 Å². The number of benzene rings is 2. The molecule has 1 aromatic heterocycles. The zero-order valence-corrected chi connectivity index (χ0v) is 19.6. The minimum absolute atomic E-state index is 0. The molecular weight excluding hydrogens is 493 g/mol. The van der Waals surface area contributed by atoms with Crippen LogP contribution in [0.5, 0.6) is 11.5 Å². The number of aromatic amines is 1. The van der Waals surface area contributed by atoms with Gasteiger partial charge in [-0.25, -0.2) is 9.98 Å². The van der Waals surface area contributed by atoms with Crippen LogP contribution in [0.25, 0.3) is 11.3 Å². The largest absolute Gasteiger partial charge is 0.497 e. The number of H-pyrrole nitrogens is 1. The topological polar surface area (TPSA) is 83.6 Å². The van der Waals surface area contributed by atoms with Gasteiger partial charge < -0.3 is 25.1 Å². The highest BCUT2D eigenvalue weighted by Gasteiger charge is 2.03. The second-order valence-corrected chi connectivity index (χ2v) is 6.26. The Morgan fingerprint density at radius 3 is 2.47 bits per heavy atom. The first-order valence-corrected chi connectivity index (χ1v) is 9.67. The highest BCUT2D eigenvalue weighted by molar-refractivity contribution is 14.0. The number of imidazole rings is 1. The standard InChI is InChI=1S/C22H27N5O2.HI/c1-3-23-22(24-13-14-29-19-11-9-18(28-2)10-12-19)26-16-21-25-15-20(27-21)17-7-5-4-6-8-17;/h4-12,15H,3,13-14,16H2,1-2H3,(H,25,27)(H2,23,24,26);1H. The van der Waals surface area contributed by atoms with Gasteiger partial charge in [0.2, 0.25) is 0 Å². The zero-order chi connectivity index (χ0) is 20.3. The van der Waals surface area contributed by atoms with Crippen LogP contribution in [-0.2, 0) is 6.54 Å². The molecule has 0 saturated carbocycles. The SMILES string of the molecule is CCNC(=NCc1ncc(-c2ccccc2)[nH]1)NCCOc1ccc(OC)cc1.I. The summed E-state index contributed by atoms with van der Waals surface area (Å²) in [6, 6.07) is 17.6. The quantitative estimate of drug-likeness (QED) is 0.173. The molecule has 2 aromatic carbocycles. The van der Waals surface area contributed by atoms with Crippen LogP contribution in [0.4, 0.5) is 0 Å². The molecule has 8 heteroatoms. The number of nitrogens with one attached hydrogen (secondary N) is 3. The van der Waals surface area contributed by atoms with E-state index in [1.807, 2.05) is 55.6 Å². The third-order valence-corrected chi connectivity index (χ3v) is 4.17. The summed E-state index contributed by atoms with van der Waals surface area (Å²) in [6.07, 6.45) is 1.84. The lowest BCUT2D eigenvalue weighted by molar-refractivity contribution is 0.321. The molecule has 3 aromatic rings. The Hall–Kier alpha value is -2.75. The average Bonchev–Trinajstić information content (AvgIpc) is 3.25. The van der Waals surface area contributed by atoms with Gasteiger partial charge in [-0.1, -0.05) is 30.3 Å². The first-order valence-electron chi connectivity index (χ1n) is 9.67. The molecule has 0 aliphatic carbocycles. The molecule has 0 aliphatic rings. The predicted molar refractivity (Wildman–Crippen MR) is 131 cm³/mol. The predicted octanol–water partition coefficient (Wildman–Crippen LogP) is 3.84. The number of aliphatic imine (C=N–C) groups is 1. The van der Waals surface area contributed by atoms with Crippen LogP contribution in [0.3, 0.4) is 0 Å². The maximum absolute atomic E-state index is 5.73. The van der Waals surface area contributed by atoms with Gasteiger partial charge in [-0.15, -0.1) is 24.0 Å². The first kappa shape index (κ1) is 23.5. The summed E-state index contributed by atoms with van der Waals surface area (Å²) in [7, 11) is 1.65. The summed E-state index contributed by atoms with van der Waals surface area (Å²) in [5.74, 6) is 3.16. The Kier molecular flexibility index (Phi) is 9.99. The molecule has 0 unspecified atom stereocenters. The van der Waals surface area contributed by atoms with Crippen molar-refractivity contribution in [1.29, 1.82) is 0 Å². The van der Waals surface area contributed by atoms with Crippen molar-refractivity contribution in [3.8, 4) is 22.8 Å². The van der Waals surface area contributed by atoms with Crippen molar-refractivity contribution in [2.45, 2.75) is 13.5 Å². The van der Waals surface area contributed by atoms with Crippen molar-refractivity contribution in [2.24, 2.45) is 4.99 Å². The van der Waals surface area contributed by atoms with Crippen LogP contribution >= 0.6 is 24.0 Å². The summed E-state index contributed by atoms with van der Waals surface area (Å²) >= 11 is 0. The second kappa shape index (κ2) is 12.7. The molecule has 1 heterocycles. The maximum Gasteiger partial charge on any atom is 0.191 e. The lowest BCUT2D eigenvalue weighted by Gasteiger charge is -2.12. The molecule has 3 rings (SSSR count). The van der Waals surface area contributed by atoms with Gasteiger partial charge in [0, 0.05) is 6.54 Å². The monoisotopic (exact) mass is 521 g/mol. The molecule has 0 radical (unpaired) electrons. The summed E-state index contributed by atoms with van der Waals surface area (Å²) in [5, 5.41) is 6.50. The van der Waals surface area contributed by atoms with E-state index in [1.54, 1.807) is 7.11 Å². The fourth-order valence-electron chi connectivity index (χ4n) is 2.71. The van der Waals surface area contributed by atoms with Crippen molar-refractivity contribution < 1.29 is 9.47 Å². The fraction of sp³-hybridized carbons (Fsp3) is 0.273. The van der Waals surface area contributed by atoms with E-state index in [9.17, 15) is 0 Å². The Morgan fingerprint density at radius 2 is 1.77 bits per heavy atom. The highest BCUT2D eigenvalue weighted by Crippen LogP contribution is 2.17. The number of methoxy groups -OCH3 is 1. The number of ether oxygens (including phenoxy) is 2. The van der Waals surface area contributed by atoms with E-state index >= 15 is 0 Å². The molecule has 160 valence electrons. The first-order chi connectivity index (χ1) is 14.3. The van der Waals surface area contributed by atoms with E-state index in [2.05, 4.69) is 37.7 Å². The van der Waals surface area contributed by atoms with Gasteiger partial charge in [0.25, 0.3) is 0 Å². The molecule has 0 amide bonds. The van der Waals surface area contributed by atoms with Crippen molar-refractivity contribution >= 4 is 29.9 Å². The molecule has 0 spiro atoms. The second-order valence-electron chi connectivity index (χ2n) is 6.26. The minimum Gasteiger partial charge on any atom is -0.497 e. The average molecular weight is 521 g/mol. The van der Waals surface area contributed by atoms with E-state index in [1.165, 1.54) is 0 Å². The Balaban J connectivity index is 0.00000320. The van der Waals surface area contributed by atoms with E-state index in [-0.39, 0.29) is 24.0 Å². The molecule has 0 aliphatic heterocycles. The zero-order valence-electron chi connectivity index (χ0n) is 17.2. The molecule has 0 bridgehead atoms.